The van der Waals surface area contributed by atoms with Crippen molar-refractivity contribution in [1.29, 1.82) is 0 Å². The Balaban J connectivity index is 1.41. The Morgan fingerprint density at radius 1 is 0.958 bits per heavy atom. The maximum Gasteiger partial charge on any atom is 0.411 e. The minimum Gasteiger partial charge on any atom is -0.485 e. The van der Waals surface area contributed by atoms with Gasteiger partial charge in [-0.05, 0) is 66.2 Å². The third-order valence-electron chi connectivity index (χ3n) is 7.92. The van der Waals surface area contributed by atoms with Gasteiger partial charge in [0.1, 0.15) is 30.2 Å². The second kappa shape index (κ2) is 15.0. The number of rotatable bonds is 10. The molecule has 264 valence electrons. The number of pyridine rings is 1. The van der Waals surface area contributed by atoms with Crippen molar-refractivity contribution in [2.24, 2.45) is 0 Å². The van der Waals surface area contributed by atoms with Crippen LogP contribution >= 0.6 is 0 Å². The summed E-state index contributed by atoms with van der Waals surface area (Å²) in [6.07, 6.45) is 0.465. The fourth-order valence-electron chi connectivity index (χ4n) is 5.37. The number of likely N-dealkylation sites (N-methyl/N-ethyl adjacent to an activating group) is 1. The lowest BCUT2D eigenvalue weighted by Crippen LogP contribution is -2.53. The molecule has 1 saturated carbocycles. The first-order valence-corrected chi connectivity index (χ1v) is 16.1. The van der Waals surface area contributed by atoms with Crippen LogP contribution in [-0.2, 0) is 20.9 Å². The molecular formula is C34H46F3N5O6. The van der Waals surface area contributed by atoms with E-state index >= 15 is 4.39 Å². The third-order valence-corrected chi connectivity index (χ3v) is 7.92. The van der Waals surface area contributed by atoms with Crippen LogP contribution in [0.4, 0.5) is 22.8 Å². The van der Waals surface area contributed by atoms with Crippen LogP contribution in [0, 0.1) is 17.6 Å². The Morgan fingerprint density at radius 2 is 1.60 bits per heavy atom. The highest BCUT2D eigenvalue weighted by molar-refractivity contribution is 5.83. The summed E-state index contributed by atoms with van der Waals surface area (Å²) in [7, 11) is 1.68. The van der Waals surface area contributed by atoms with Gasteiger partial charge in [-0.15, -0.1) is 0 Å². The number of ether oxygens (including phenoxy) is 3. The number of hydrogen-bond acceptors (Lipinski definition) is 8. The Kier molecular flexibility index (Phi) is 11.5. The average Bonchev–Trinajstić information content (AvgIpc) is 3.77. The molecule has 4 rings (SSSR count). The second-order valence-corrected chi connectivity index (χ2v) is 14.2. The zero-order valence-corrected chi connectivity index (χ0v) is 28.7. The number of benzene rings is 1. The molecule has 0 unspecified atom stereocenters. The molecule has 1 aliphatic carbocycles. The van der Waals surface area contributed by atoms with Crippen LogP contribution in [0.15, 0.2) is 30.5 Å². The lowest BCUT2D eigenvalue weighted by molar-refractivity contribution is -0.134. The van der Waals surface area contributed by atoms with Gasteiger partial charge in [-0.25, -0.2) is 23.4 Å². The number of aromatic nitrogens is 1. The summed E-state index contributed by atoms with van der Waals surface area (Å²) in [5.41, 5.74) is -1.17. The predicted octanol–water partition coefficient (Wildman–Crippen LogP) is 5.18. The van der Waals surface area contributed by atoms with E-state index in [1.54, 1.807) is 32.7 Å². The Hall–Kier alpha value is -4.07. The molecule has 1 saturated heterocycles. The van der Waals surface area contributed by atoms with Gasteiger partial charge in [0.2, 0.25) is 11.9 Å². The largest absolute Gasteiger partial charge is 0.485 e. The van der Waals surface area contributed by atoms with Crippen molar-refractivity contribution in [3.05, 3.63) is 59.2 Å². The van der Waals surface area contributed by atoms with Gasteiger partial charge in [-0.1, -0.05) is 0 Å². The molecule has 2 aliphatic rings. The van der Waals surface area contributed by atoms with Crippen molar-refractivity contribution in [3.8, 4) is 5.75 Å². The number of carbonyl (C=O) groups is 3. The smallest absolute Gasteiger partial charge is 0.411 e. The van der Waals surface area contributed by atoms with Gasteiger partial charge in [-0.3, -0.25) is 14.6 Å². The standard InChI is InChI=1S/C34H46F3N5O6/c1-33(2,3)47-31(44)39(7)11-12-40-13-15-41(16-14-40)28(43)20-42(32(45)48-34(4,5)6)27-19-24(27)25-17-23(35)18-26(36)29(25)46-21-22-9-8-10-38-30(22)37/h8-10,17-18,24,27H,11-16,19-21H2,1-7H3/t24-,27+/m0/s1. The number of carbonyl (C=O) groups excluding carboxylic acids is 3. The maximum absolute atomic E-state index is 15.0. The fraction of sp³-hybridized carbons (Fsp3) is 0.588. The SMILES string of the molecule is CN(CCN1CCN(C(=O)CN(C(=O)OC(C)(C)C)[C@@H]2C[C@H]2c2cc(F)cc(F)c2OCc2cccnc2F)CC1)C(=O)OC(C)(C)C. The highest BCUT2D eigenvalue weighted by Gasteiger charge is 2.49. The molecule has 2 aromatic rings. The molecule has 2 atom stereocenters. The first-order chi connectivity index (χ1) is 22.4. The summed E-state index contributed by atoms with van der Waals surface area (Å²) in [6.45, 7) is 13.0. The van der Waals surface area contributed by atoms with Crippen LogP contribution in [0.1, 0.15) is 65.0 Å². The van der Waals surface area contributed by atoms with Gasteiger partial charge in [0.25, 0.3) is 0 Å². The molecule has 2 heterocycles. The zero-order valence-electron chi connectivity index (χ0n) is 28.7. The van der Waals surface area contributed by atoms with E-state index in [9.17, 15) is 23.2 Å². The molecule has 0 bridgehead atoms. The van der Waals surface area contributed by atoms with Gasteiger partial charge in [0, 0.05) is 81.7 Å². The minimum absolute atomic E-state index is 0.0932. The van der Waals surface area contributed by atoms with E-state index in [2.05, 4.69) is 9.88 Å². The van der Waals surface area contributed by atoms with Crippen molar-refractivity contribution < 1.29 is 41.8 Å². The highest BCUT2D eigenvalue weighted by Crippen LogP contribution is 2.49. The monoisotopic (exact) mass is 677 g/mol. The quantitative estimate of drug-likeness (QED) is 0.317. The average molecular weight is 678 g/mol. The Bertz CT molecular complexity index is 1470. The summed E-state index contributed by atoms with van der Waals surface area (Å²) in [4.78, 5) is 49.4. The van der Waals surface area contributed by atoms with E-state index in [4.69, 9.17) is 14.2 Å². The van der Waals surface area contributed by atoms with E-state index in [0.717, 1.165) is 6.07 Å². The van der Waals surface area contributed by atoms with E-state index in [1.165, 1.54) is 28.1 Å². The maximum atomic E-state index is 15.0. The summed E-state index contributed by atoms with van der Waals surface area (Å²) in [5.74, 6) is -3.65. The van der Waals surface area contributed by atoms with Crippen LogP contribution in [0.5, 0.6) is 5.75 Å². The normalized spacial score (nSPS) is 18.2. The lowest BCUT2D eigenvalue weighted by Gasteiger charge is -2.36. The van der Waals surface area contributed by atoms with Crippen LogP contribution < -0.4 is 4.74 Å². The van der Waals surface area contributed by atoms with Crippen LogP contribution in [0.3, 0.4) is 0 Å². The van der Waals surface area contributed by atoms with Crippen LogP contribution in [-0.4, -0.2) is 113 Å². The zero-order chi connectivity index (χ0) is 35.4. The van der Waals surface area contributed by atoms with Crippen molar-refractivity contribution in [3.63, 3.8) is 0 Å². The molecule has 1 aromatic heterocycles. The molecule has 0 N–H and O–H groups in total. The summed E-state index contributed by atoms with van der Waals surface area (Å²) >= 11 is 0. The number of nitrogens with zero attached hydrogens (tertiary/aromatic N) is 5. The molecule has 1 aliphatic heterocycles. The van der Waals surface area contributed by atoms with Crippen molar-refractivity contribution in [1.82, 2.24) is 24.6 Å². The van der Waals surface area contributed by atoms with Gasteiger partial charge in [-0.2, -0.15) is 4.39 Å². The topological polar surface area (TPSA) is 105 Å². The number of piperazine rings is 1. The van der Waals surface area contributed by atoms with Crippen LogP contribution in [0.25, 0.3) is 0 Å². The van der Waals surface area contributed by atoms with Crippen LogP contribution in [0.2, 0.25) is 0 Å². The second-order valence-electron chi connectivity index (χ2n) is 14.2. The first-order valence-electron chi connectivity index (χ1n) is 16.1. The van der Waals surface area contributed by atoms with E-state index in [-0.39, 0.29) is 35.9 Å². The lowest BCUT2D eigenvalue weighted by atomic mass is 10.1. The van der Waals surface area contributed by atoms with Gasteiger partial charge in [0.05, 0.1) is 0 Å². The Labute approximate surface area is 279 Å². The Morgan fingerprint density at radius 3 is 2.23 bits per heavy atom. The van der Waals surface area contributed by atoms with Gasteiger partial charge >= 0.3 is 12.2 Å². The fourth-order valence-corrected chi connectivity index (χ4v) is 5.37. The molecule has 2 fully saturated rings. The van der Waals surface area contributed by atoms with Gasteiger partial charge in [0.15, 0.2) is 11.6 Å². The van der Waals surface area contributed by atoms with E-state index in [0.29, 0.717) is 51.8 Å². The highest BCUT2D eigenvalue weighted by atomic mass is 19.1. The molecule has 3 amide bonds. The number of amides is 3. The molecule has 0 radical (unpaired) electrons. The predicted molar refractivity (Wildman–Crippen MR) is 171 cm³/mol. The van der Waals surface area contributed by atoms with Crippen molar-refractivity contribution in [2.45, 2.75) is 77.7 Å². The molecule has 48 heavy (non-hydrogen) atoms. The molecule has 1 aromatic carbocycles. The number of hydrogen-bond donors (Lipinski definition) is 0. The molecule has 14 heteroatoms. The molecular weight excluding hydrogens is 631 g/mol. The van der Waals surface area contributed by atoms with E-state index in [1.807, 2.05) is 20.8 Å². The van der Waals surface area contributed by atoms with Crippen molar-refractivity contribution in [2.75, 3.05) is 52.9 Å². The van der Waals surface area contributed by atoms with E-state index < -0.39 is 52.9 Å². The summed E-state index contributed by atoms with van der Waals surface area (Å²) in [6, 6.07) is 4.19. The first kappa shape index (κ1) is 36.8. The summed E-state index contributed by atoms with van der Waals surface area (Å²) < 4.78 is 60.3. The van der Waals surface area contributed by atoms with Gasteiger partial charge < -0.3 is 24.0 Å². The minimum atomic E-state index is -0.963. The summed E-state index contributed by atoms with van der Waals surface area (Å²) in [5, 5.41) is 0. The number of halogens is 3. The van der Waals surface area contributed by atoms with Crippen molar-refractivity contribution >= 4 is 18.1 Å². The third kappa shape index (κ3) is 10.2. The molecule has 0 spiro atoms. The molecule has 11 nitrogen and oxygen atoms in total.